The summed E-state index contributed by atoms with van der Waals surface area (Å²) in [5.74, 6) is 0. The lowest BCUT2D eigenvalue weighted by atomic mass is 10.0. The van der Waals surface area contributed by atoms with Gasteiger partial charge in [0.1, 0.15) is 0 Å². The smallest absolute Gasteiger partial charge is 0.261 e. The summed E-state index contributed by atoms with van der Waals surface area (Å²) >= 11 is 3.53. The van der Waals surface area contributed by atoms with E-state index in [9.17, 15) is 0 Å². The maximum Gasteiger partial charge on any atom is 0.261 e. The Morgan fingerprint density at radius 1 is 0.811 bits per heavy atom. The van der Waals surface area contributed by atoms with Crippen molar-refractivity contribution in [3.8, 4) is 0 Å². The molecule has 1 nitrogen and oxygen atoms in total. The number of alkyl halides is 1. The standard InChI is InChI=1S/C34H45BrOSi/c1-5-6-11-26-33(30-21-18-20-29(28-30)19-12-7-8-17-27-35)36-37(34(2,3)4,31-22-13-9-14-23-31)32-24-15-10-16-25-32/h9-10,12-16,18-25,28,33H,5-8,11,17,26-27H2,1-4H3. The van der Waals surface area contributed by atoms with Crippen LogP contribution in [0.4, 0.5) is 0 Å². The fourth-order valence-corrected chi connectivity index (χ4v) is 10.3. The van der Waals surface area contributed by atoms with Gasteiger partial charge in [0.05, 0.1) is 6.10 Å². The molecule has 0 aliphatic carbocycles. The van der Waals surface area contributed by atoms with E-state index in [4.69, 9.17) is 4.43 Å². The predicted molar refractivity (Wildman–Crippen MR) is 169 cm³/mol. The second-order valence-electron chi connectivity index (χ2n) is 11.0. The molecule has 0 fully saturated rings. The van der Waals surface area contributed by atoms with Crippen LogP contribution in [-0.4, -0.2) is 13.6 Å². The third-order valence-electron chi connectivity index (χ3n) is 7.15. The van der Waals surface area contributed by atoms with Gasteiger partial charge in [0.15, 0.2) is 0 Å². The number of allylic oxidation sites excluding steroid dienone is 1. The molecule has 0 heterocycles. The van der Waals surface area contributed by atoms with E-state index in [1.54, 1.807) is 0 Å². The largest absolute Gasteiger partial charge is 0.400 e. The molecule has 0 aliphatic heterocycles. The van der Waals surface area contributed by atoms with Gasteiger partial charge in [-0.05, 0) is 58.3 Å². The first kappa shape index (κ1) is 29.6. The Morgan fingerprint density at radius 2 is 1.46 bits per heavy atom. The predicted octanol–water partition coefficient (Wildman–Crippen LogP) is 9.46. The van der Waals surface area contributed by atoms with E-state index in [-0.39, 0.29) is 11.1 Å². The SMILES string of the molecule is CCCCCC(O[Si](c1ccccc1)(c1ccccc1)C(C)(C)C)c1cccc(C=CCCCCBr)c1. The zero-order valence-electron chi connectivity index (χ0n) is 23.3. The number of unbranched alkanes of at least 4 members (excludes halogenated alkanes) is 4. The lowest BCUT2D eigenvalue weighted by Crippen LogP contribution is -2.66. The third kappa shape index (κ3) is 8.02. The van der Waals surface area contributed by atoms with E-state index < -0.39 is 8.32 Å². The number of halogens is 1. The fraction of sp³-hybridized carbons (Fsp3) is 0.412. The van der Waals surface area contributed by atoms with Crippen molar-refractivity contribution in [2.75, 3.05) is 5.33 Å². The van der Waals surface area contributed by atoms with Crippen molar-refractivity contribution in [1.82, 2.24) is 0 Å². The Morgan fingerprint density at radius 3 is 2.03 bits per heavy atom. The van der Waals surface area contributed by atoms with Crippen molar-refractivity contribution in [3.63, 3.8) is 0 Å². The highest BCUT2D eigenvalue weighted by Gasteiger charge is 2.51. The molecule has 3 heteroatoms. The minimum atomic E-state index is -2.64. The molecule has 198 valence electrons. The van der Waals surface area contributed by atoms with Crippen molar-refractivity contribution in [2.45, 2.75) is 83.8 Å². The number of hydrogen-bond acceptors (Lipinski definition) is 1. The maximum absolute atomic E-state index is 7.63. The summed E-state index contributed by atoms with van der Waals surface area (Å²) in [6.45, 7) is 9.39. The Bertz CT molecular complexity index is 1030. The molecule has 0 radical (unpaired) electrons. The topological polar surface area (TPSA) is 9.23 Å². The summed E-state index contributed by atoms with van der Waals surface area (Å²) in [7, 11) is -2.64. The monoisotopic (exact) mass is 576 g/mol. The Labute approximate surface area is 235 Å². The maximum atomic E-state index is 7.63. The molecule has 0 aromatic heterocycles. The van der Waals surface area contributed by atoms with Crippen molar-refractivity contribution < 1.29 is 4.43 Å². The highest BCUT2D eigenvalue weighted by Crippen LogP contribution is 2.41. The summed E-state index contributed by atoms with van der Waals surface area (Å²) in [4.78, 5) is 0. The quantitative estimate of drug-likeness (QED) is 0.105. The van der Waals surface area contributed by atoms with Gasteiger partial charge in [-0.2, -0.15) is 0 Å². The first-order valence-electron chi connectivity index (χ1n) is 14.0. The zero-order valence-corrected chi connectivity index (χ0v) is 25.8. The summed E-state index contributed by atoms with van der Waals surface area (Å²) < 4.78 is 7.63. The number of benzene rings is 3. The zero-order chi connectivity index (χ0) is 26.6. The lowest BCUT2D eigenvalue weighted by Gasteiger charge is -2.45. The fourth-order valence-electron chi connectivity index (χ4n) is 5.22. The second-order valence-corrected chi connectivity index (χ2v) is 16.1. The van der Waals surface area contributed by atoms with Crippen LogP contribution in [0.2, 0.25) is 5.04 Å². The van der Waals surface area contributed by atoms with E-state index in [0.29, 0.717) is 0 Å². The molecular formula is C34H45BrOSi. The Hall–Kier alpha value is -1.94. The van der Waals surface area contributed by atoms with Crippen molar-refractivity contribution >= 4 is 40.7 Å². The molecule has 1 atom stereocenters. The van der Waals surface area contributed by atoms with Gasteiger partial charge in [0.25, 0.3) is 8.32 Å². The minimum Gasteiger partial charge on any atom is -0.400 e. The van der Waals surface area contributed by atoms with E-state index in [0.717, 1.165) is 18.2 Å². The van der Waals surface area contributed by atoms with E-state index in [2.05, 4.69) is 141 Å². The van der Waals surface area contributed by atoms with Crippen molar-refractivity contribution in [2.24, 2.45) is 0 Å². The van der Waals surface area contributed by atoms with Crippen LogP contribution in [0.5, 0.6) is 0 Å². The highest BCUT2D eigenvalue weighted by atomic mass is 79.9. The number of hydrogen-bond donors (Lipinski definition) is 0. The van der Waals surface area contributed by atoms with Gasteiger partial charge < -0.3 is 4.43 Å². The van der Waals surface area contributed by atoms with Crippen LogP contribution in [0.1, 0.15) is 89.9 Å². The lowest BCUT2D eigenvalue weighted by molar-refractivity contribution is 0.176. The molecule has 0 aliphatic rings. The van der Waals surface area contributed by atoms with Crippen LogP contribution in [0, 0.1) is 0 Å². The van der Waals surface area contributed by atoms with E-state index in [1.807, 2.05) is 0 Å². The van der Waals surface area contributed by atoms with Crippen LogP contribution in [0.15, 0.2) is 91.0 Å². The molecule has 0 saturated heterocycles. The molecule has 3 rings (SSSR count). The minimum absolute atomic E-state index is 0.0361. The van der Waals surface area contributed by atoms with Crippen LogP contribution in [-0.2, 0) is 4.43 Å². The Balaban J connectivity index is 2.06. The normalized spacial score (nSPS) is 13.2. The summed E-state index contributed by atoms with van der Waals surface area (Å²) in [6.07, 6.45) is 12.9. The highest BCUT2D eigenvalue weighted by molar-refractivity contribution is 9.09. The molecule has 0 bridgehead atoms. The molecule has 0 spiro atoms. The first-order valence-corrected chi connectivity index (χ1v) is 17.1. The molecule has 0 N–H and O–H groups in total. The average Bonchev–Trinajstić information content (AvgIpc) is 2.91. The summed E-state index contributed by atoms with van der Waals surface area (Å²) in [5.41, 5.74) is 2.56. The van der Waals surface area contributed by atoms with Crippen molar-refractivity contribution in [1.29, 1.82) is 0 Å². The van der Waals surface area contributed by atoms with Crippen LogP contribution < -0.4 is 10.4 Å². The number of rotatable bonds is 14. The molecular weight excluding hydrogens is 532 g/mol. The van der Waals surface area contributed by atoms with Gasteiger partial charge >= 0.3 is 0 Å². The first-order chi connectivity index (χ1) is 17.9. The van der Waals surface area contributed by atoms with Gasteiger partial charge in [-0.1, -0.05) is 154 Å². The van der Waals surface area contributed by atoms with Crippen LogP contribution >= 0.6 is 15.9 Å². The molecule has 0 saturated carbocycles. The third-order valence-corrected chi connectivity index (χ3v) is 12.8. The van der Waals surface area contributed by atoms with Gasteiger partial charge in [-0.15, -0.1) is 0 Å². The Kier molecular flexibility index (Phi) is 11.9. The summed E-state index contributed by atoms with van der Waals surface area (Å²) in [5, 5.41) is 3.73. The van der Waals surface area contributed by atoms with Gasteiger partial charge in [-0.3, -0.25) is 0 Å². The van der Waals surface area contributed by atoms with Crippen molar-refractivity contribution in [3.05, 3.63) is 102 Å². The summed E-state index contributed by atoms with van der Waals surface area (Å²) in [6, 6.07) is 31.1. The van der Waals surface area contributed by atoms with E-state index >= 15 is 0 Å². The molecule has 3 aromatic rings. The van der Waals surface area contributed by atoms with Gasteiger partial charge in [0, 0.05) is 5.33 Å². The average molecular weight is 578 g/mol. The molecule has 3 aromatic carbocycles. The van der Waals surface area contributed by atoms with Crippen LogP contribution in [0.3, 0.4) is 0 Å². The molecule has 0 amide bonds. The molecule has 1 unspecified atom stereocenters. The molecule has 37 heavy (non-hydrogen) atoms. The van der Waals surface area contributed by atoms with Gasteiger partial charge in [0.2, 0.25) is 0 Å². The van der Waals surface area contributed by atoms with Crippen LogP contribution in [0.25, 0.3) is 6.08 Å². The van der Waals surface area contributed by atoms with E-state index in [1.165, 1.54) is 53.6 Å². The second kappa shape index (κ2) is 14.9. The van der Waals surface area contributed by atoms with Gasteiger partial charge in [-0.25, -0.2) is 0 Å².